The molecule has 2 N–H and O–H groups in total. The van der Waals surface area contributed by atoms with Crippen molar-refractivity contribution in [1.29, 1.82) is 0 Å². The molecule has 1 heterocycles. The largest absolute Gasteiger partial charge is 0.484 e. The Morgan fingerprint density at radius 3 is 2.75 bits per heavy atom. The third kappa shape index (κ3) is 4.08. The first-order valence-electron chi connectivity index (χ1n) is 6.49. The molecular formula is C14H17N3O3. The van der Waals surface area contributed by atoms with Crippen LogP contribution in [0, 0.1) is 0 Å². The first kappa shape index (κ1) is 14.0. The summed E-state index contributed by atoms with van der Waals surface area (Å²) in [6.45, 7) is 2.28. The van der Waals surface area contributed by atoms with Gasteiger partial charge in [-0.2, -0.15) is 4.98 Å². The Balaban J connectivity index is 1.88. The van der Waals surface area contributed by atoms with E-state index in [4.69, 9.17) is 15.0 Å². The zero-order chi connectivity index (χ0) is 14.4. The van der Waals surface area contributed by atoms with Crippen molar-refractivity contribution < 1.29 is 14.1 Å². The van der Waals surface area contributed by atoms with E-state index in [2.05, 4.69) is 17.1 Å². The smallest absolute Gasteiger partial charge is 0.264 e. The summed E-state index contributed by atoms with van der Waals surface area (Å²) < 4.78 is 10.6. The standard InChI is InChI=1S/C14H17N3O3/c1-2-3-13-16-14(20-17-13)9-19-11-6-4-10(5-7-11)8-12(15)18/h4-7H,2-3,8-9H2,1H3,(H2,15,18). The van der Waals surface area contributed by atoms with Gasteiger partial charge >= 0.3 is 0 Å². The molecule has 106 valence electrons. The predicted molar refractivity (Wildman–Crippen MR) is 72.0 cm³/mol. The van der Waals surface area contributed by atoms with Crippen LogP contribution < -0.4 is 10.5 Å². The number of carbonyl (C=O) groups excluding carboxylic acids is 1. The lowest BCUT2D eigenvalue weighted by atomic mass is 10.1. The molecule has 6 nitrogen and oxygen atoms in total. The summed E-state index contributed by atoms with van der Waals surface area (Å²) >= 11 is 0. The maximum absolute atomic E-state index is 10.8. The second-order valence-electron chi connectivity index (χ2n) is 4.43. The fraction of sp³-hybridized carbons (Fsp3) is 0.357. The highest BCUT2D eigenvalue weighted by Crippen LogP contribution is 2.14. The van der Waals surface area contributed by atoms with Crippen molar-refractivity contribution in [2.45, 2.75) is 32.8 Å². The third-order valence-electron chi connectivity index (χ3n) is 2.65. The lowest BCUT2D eigenvalue weighted by Gasteiger charge is -2.04. The number of nitrogens with zero attached hydrogens (tertiary/aromatic N) is 2. The van der Waals surface area contributed by atoms with E-state index >= 15 is 0 Å². The average Bonchev–Trinajstić information content (AvgIpc) is 2.86. The molecule has 0 aliphatic heterocycles. The number of rotatable bonds is 7. The van der Waals surface area contributed by atoms with Crippen LogP contribution in [-0.4, -0.2) is 16.0 Å². The maximum Gasteiger partial charge on any atom is 0.264 e. The normalized spacial score (nSPS) is 10.4. The van der Waals surface area contributed by atoms with E-state index in [0.717, 1.165) is 18.4 Å². The molecule has 1 aromatic carbocycles. The molecular weight excluding hydrogens is 258 g/mol. The minimum atomic E-state index is -0.354. The zero-order valence-corrected chi connectivity index (χ0v) is 11.3. The first-order chi connectivity index (χ1) is 9.67. The van der Waals surface area contributed by atoms with Crippen LogP contribution in [0.5, 0.6) is 5.75 Å². The van der Waals surface area contributed by atoms with Gasteiger partial charge in [0.1, 0.15) is 5.75 Å². The van der Waals surface area contributed by atoms with Crippen LogP contribution in [0.3, 0.4) is 0 Å². The number of carbonyl (C=O) groups is 1. The molecule has 0 unspecified atom stereocenters. The van der Waals surface area contributed by atoms with Crippen LogP contribution in [-0.2, 0) is 24.2 Å². The van der Waals surface area contributed by atoms with Gasteiger partial charge in [-0.1, -0.05) is 24.2 Å². The monoisotopic (exact) mass is 275 g/mol. The number of aryl methyl sites for hydroxylation is 1. The number of primary amides is 1. The third-order valence-corrected chi connectivity index (χ3v) is 2.65. The number of ether oxygens (including phenoxy) is 1. The average molecular weight is 275 g/mol. The van der Waals surface area contributed by atoms with E-state index in [1.807, 2.05) is 0 Å². The van der Waals surface area contributed by atoms with Gasteiger partial charge in [0.05, 0.1) is 6.42 Å². The molecule has 1 amide bonds. The summed E-state index contributed by atoms with van der Waals surface area (Å²) in [5, 5.41) is 3.85. The van der Waals surface area contributed by atoms with Crippen LogP contribution in [0.15, 0.2) is 28.8 Å². The Bertz CT molecular complexity index is 563. The topological polar surface area (TPSA) is 91.2 Å². The van der Waals surface area contributed by atoms with Crippen molar-refractivity contribution in [3.05, 3.63) is 41.5 Å². The fourth-order valence-corrected chi connectivity index (χ4v) is 1.72. The van der Waals surface area contributed by atoms with Crippen LogP contribution in [0.4, 0.5) is 0 Å². The molecule has 0 aliphatic carbocycles. The van der Waals surface area contributed by atoms with Crippen molar-refractivity contribution in [2.75, 3.05) is 0 Å². The van der Waals surface area contributed by atoms with E-state index in [9.17, 15) is 4.79 Å². The summed E-state index contributed by atoms with van der Waals surface area (Å²) in [5.41, 5.74) is 5.98. The highest BCUT2D eigenvalue weighted by molar-refractivity contribution is 5.76. The van der Waals surface area contributed by atoms with E-state index < -0.39 is 0 Å². The van der Waals surface area contributed by atoms with Gasteiger partial charge in [-0.3, -0.25) is 4.79 Å². The second-order valence-corrected chi connectivity index (χ2v) is 4.43. The van der Waals surface area contributed by atoms with E-state index in [1.54, 1.807) is 24.3 Å². The summed E-state index contributed by atoms with van der Waals surface area (Å²) in [4.78, 5) is 15.0. The minimum absolute atomic E-state index is 0.227. The van der Waals surface area contributed by atoms with Gasteiger partial charge in [0.2, 0.25) is 5.91 Å². The SMILES string of the molecule is CCCc1noc(COc2ccc(CC(N)=O)cc2)n1. The molecule has 0 saturated heterocycles. The Hall–Kier alpha value is -2.37. The van der Waals surface area contributed by atoms with Crippen molar-refractivity contribution in [3.8, 4) is 5.75 Å². The maximum atomic E-state index is 10.8. The molecule has 0 aliphatic rings. The molecule has 0 spiro atoms. The lowest BCUT2D eigenvalue weighted by molar-refractivity contribution is -0.117. The quantitative estimate of drug-likeness (QED) is 0.829. The van der Waals surface area contributed by atoms with Gasteiger partial charge in [-0.05, 0) is 24.1 Å². The summed E-state index contributed by atoms with van der Waals surface area (Å²) in [5.74, 6) is 1.47. The van der Waals surface area contributed by atoms with Crippen molar-refractivity contribution in [3.63, 3.8) is 0 Å². The fourth-order valence-electron chi connectivity index (χ4n) is 1.72. The van der Waals surface area contributed by atoms with Crippen LogP contribution in [0.1, 0.15) is 30.6 Å². The molecule has 0 bridgehead atoms. The van der Waals surface area contributed by atoms with Gasteiger partial charge in [0, 0.05) is 6.42 Å². The molecule has 20 heavy (non-hydrogen) atoms. The van der Waals surface area contributed by atoms with E-state index in [1.165, 1.54) is 0 Å². The molecule has 0 saturated carbocycles. The molecule has 2 rings (SSSR count). The number of aromatic nitrogens is 2. The summed E-state index contributed by atoms with van der Waals surface area (Å²) in [6, 6.07) is 7.16. The van der Waals surface area contributed by atoms with Crippen LogP contribution in [0.2, 0.25) is 0 Å². The number of hydrogen-bond acceptors (Lipinski definition) is 5. The summed E-state index contributed by atoms with van der Waals surface area (Å²) in [6.07, 6.45) is 2.00. The Morgan fingerprint density at radius 2 is 2.10 bits per heavy atom. The van der Waals surface area contributed by atoms with Gasteiger partial charge in [-0.25, -0.2) is 0 Å². The Labute approximate surface area is 116 Å². The Morgan fingerprint density at radius 1 is 1.35 bits per heavy atom. The van der Waals surface area contributed by atoms with Crippen molar-refractivity contribution in [2.24, 2.45) is 5.73 Å². The number of hydrogen-bond donors (Lipinski definition) is 1. The lowest BCUT2D eigenvalue weighted by Crippen LogP contribution is -2.13. The molecule has 6 heteroatoms. The molecule has 0 fully saturated rings. The number of amides is 1. The highest BCUT2D eigenvalue weighted by Gasteiger charge is 2.06. The van der Waals surface area contributed by atoms with Crippen molar-refractivity contribution in [1.82, 2.24) is 10.1 Å². The molecule has 0 radical (unpaired) electrons. The van der Waals surface area contributed by atoms with E-state index in [-0.39, 0.29) is 18.9 Å². The first-order valence-corrected chi connectivity index (χ1v) is 6.49. The number of benzene rings is 1. The zero-order valence-electron chi connectivity index (χ0n) is 11.3. The predicted octanol–water partition coefficient (Wildman–Crippen LogP) is 1.63. The molecule has 0 atom stereocenters. The van der Waals surface area contributed by atoms with Gasteiger partial charge in [0.25, 0.3) is 5.89 Å². The second kappa shape index (κ2) is 6.70. The van der Waals surface area contributed by atoms with Gasteiger partial charge < -0.3 is 15.0 Å². The highest BCUT2D eigenvalue weighted by atomic mass is 16.5. The van der Waals surface area contributed by atoms with Gasteiger partial charge in [0.15, 0.2) is 12.4 Å². The van der Waals surface area contributed by atoms with E-state index in [0.29, 0.717) is 17.5 Å². The van der Waals surface area contributed by atoms with Crippen LogP contribution >= 0.6 is 0 Å². The van der Waals surface area contributed by atoms with Crippen LogP contribution in [0.25, 0.3) is 0 Å². The van der Waals surface area contributed by atoms with Gasteiger partial charge in [-0.15, -0.1) is 0 Å². The molecule has 1 aromatic heterocycles. The summed E-state index contributed by atoms with van der Waals surface area (Å²) in [7, 11) is 0. The molecule has 2 aromatic rings. The number of nitrogens with two attached hydrogens (primary N) is 1. The van der Waals surface area contributed by atoms with Crippen molar-refractivity contribution >= 4 is 5.91 Å². The minimum Gasteiger partial charge on any atom is -0.484 e. The Kier molecular flexibility index (Phi) is 4.70.